The van der Waals surface area contributed by atoms with E-state index in [-0.39, 0.29) is 12.6 Å². The normalized spacial score (nSPS) is 17.2. The van der Waals surface area contributed by atoms with E-state index in [0.717, 1.165) is 18.4 Å². The third-order valence-electron chi connectivity index (χ3n) is 3.58. The molecular weight excluding hydrogens is 270 g/mol. The van der Waals surface area contributed by atoms with Crippen molar-refractivity contribution in [2.45, 2.75) is 24.4 Å². The van der Waals surface area contributed by atoms with Crippen LogP contribution >= 0.6 is 0 Å². The lowest BCUT2D eigenvalue weighted by Gasteiger charge is -2.32. The molecule has 1 saturated carbocycles. The number of carbonyl (C=O) groups is 1. The van der Waals surface area contributed by atoms with Gasteiger partial charge in [-0.25, -0.2) is 4.79 Å². The lowest BCUT2D eigenvalue weighted by molar-refractivity contribution is -0.152. The molecule has 0 bridgehead atoms. The molecule has 1 N–H and O–H groups in total. The fourth-order valence-electron chi connectivity index (χ4n) is 2.28. The zero-order valence-corrected chi connectivity index (χ0v) is 12.6. The van der Waals surface area contributed by atoms with Crippen LogP contribution in [0, 0.1) is 0 Å². The minimum absolute atomic E-state index is 0.226. The van der Waals surface area contributed by atoms with E-state index < -0.39 is 5.54 Å². The Bertz CT molecular complexity index is 447. The Morgan fingerprint density at radius 2 is 1.95 bits per heavy atom. The average Bonchev–Trinajstić information content (AvgIpc) is 3.34. The van der Waals surface area contributed by atoms with Gasteiger partial charge in [0.1, 0.15) is 0 Å². The summed E-state index contributed by atoms with van der Waals surface area (Å²) in [7, 11) is 3.03. The number of rotatable bonds is 9. The highest BCUT2D eigenvalue weighted by molar-refractivity contribution is 5.83. The molecular formula is C16H23NO4. The Morgan fingerprint density at radius 1 is 1.24 bits per heavy atom. The van der Waals surface area contributed by atoms with Crippen LogP contribution in [0.4, 0.5) is 0 Å². The lowest BCUT2D eigenvalue weighted by atomic mass is 9.90. The minimum atomic E-state index is -0.953. The number of benzene rings is 1. The van der Waals surface area contributed by atoms with Gasteiger partial charge in [-0.1, -0.05) is 30.3 Å². The molecule has 2 rings (SSSR count). The summed E-state index contributed by atoms with van der Waals surface area (Å²) in [4.78, 5) is 12.5. The van der Waals surface area contributed by atoms with Gasteiger partial charge in [0.25, 0.3) is 0 Å². The second-order valence-corrected chi connectivity index (χ2v) is 5.23. The van der Waals surface area contributed by atoms with Crippen molar-refractivity contribution in [1.29, 1.82) is 0 Å². The van der Waals surface area contributed by atoms with Crippen molar-refractivity contribution < 1.29 is 19.0 Å². The van der Waals surface area contributed by atoms with E-state index in [1.807, 2.05) is 30.3 Å². The van der Waals surface area contributed by atoms with Gasteiger partial charge < -0.3 is 14.2 Å². The van der Waals surface area contributed by atoms with Gasteiger partial charge in [-0.2, -0.15) is 0 Å². The van der Waals surface area contributed by atoms with Crippen LogP contribution in [0.25, 0.3) is 0 Å². The van der Waals surface area contributed by atoms with E-state index >= 15 is 0 Å². The molecule has 1 aliphatic rings. The molecule has 0 aromatic heterocycles. The lowest BCUT2D eigenvalue weighted by Crippen LogP contribution is -2.54. The third-order valence-corrected chi connectivity index (χ3v) is 3.58. The first-order valence-electron chi connectivity index (χ1n) is 7.21. The van der Waals surface area contributed by atoms with Gasteiger partial charge in [-0.3, -0.25) is 5.32 Å². The Balaban J connectivity index is 2.22. The Kier molecular flexibility index (Phi) is 5.73. The van der Waals surface area contributed by atoms with Gasteiger partial charge >= 0.3 is 5.97 Å². The maximum Gasteiger partial charge on any atom is 0.333 e. The standard InChI is InChI=1S/C16H23NO4/c1-19-10-11-21-12-16(15(18)20-2,17-14-8-9-14)13-6-4-3-5-7-13/h3-7,14,17H,8-12H2,1-2H3. The van der Waals surface area contributed by atoms with E-state index in [9.17, 15) is 4.79 Å². The van der Waals surface area contributed by atoms with Crippen LogP contribution in [0.5, 0.6) is 0 Å². The molecule has 116 valence electrons. The van der Waals surface area contributed by atoms with Crippen molar-refractivity contribution in [2.75, 3.05) is 34.0 Å². The van der Waals surface area contributed by atoms with Gasteiger partial charge in [-0.15, -0.1) is 0 Å². The highest BCUT2D eigenvalue weighted by atomic mass is 16.5. The van der Waals surface area contributed by atoms with Crippen LogP contribution in [0.3, 0.4) is 0 Å². The van der Waals surface area contributed by atoms with Crippen LogP contribution in [0.1, 0.15) is 18.4 Å². The van der Waals surface area contributed by atoms with Gasteiger partial charge in [0.05, 0.1) is 26.9 Å². The Labute approximate surface area is 125 Å². The van der Waals surface area contributed by atoms with E-state index in [4.69, 9.17) is 14.2 Å². The van der Waals surface area contributed by atoms with E-state index in [1.165, 1.54) is 7.11 Å². The molecule has 0 radical (unpaired) electrons. The van der Waals surface area contributed by atoms with Crippen molar-refractivity contribution in [3.8, 4) is 0 Å². The molecule has 0 aliphatic heterocycles. The van der Waals surface area contributed by atoms with Crippen LogP contribution < -0.4 is 5.32 Å². The molecule has 1 aliphatic carbocycles. The van der Waals surface area contributed by atoms with Crippen LogP contribution in [0.2, 0.25) is 0 Å². The molecule has 0 spiro atoms. The third kappa shape index (κ3) is 4.03. The zero-order valence-electron chi connectivity index (χ0n) is 12.6. The highest BCUT2D eigenvalue weighted by Crippen LogP contribution is 2.30. The van der Waals surface area contributed by atoms with Crippen molar-refractivity contribution in [1.82, 2.24) is 5.32 Å². The SMILES string of the molecule is COCCOCC(NC1CC1)(C(=O)OC)c1ccccc1. The van der Waals surface area contributed by atoms with E-state index in [0.29, 0.717) is 19.3 Å². The zero-order chi connectivity index (χ0) is 15.1. The average molecular weight is 293 g/mol. The second-order valence-electron chi connectivity index (χ2n) is 5.23. The summed E-state index contributed by atoms with van der Waals surface area (Å²) in [5.74, 6) is -0.321. The molecule has 0 saturated heterocycles. The van der Waals surface area contributed by atoms with Crippen LogP contribution in [-0.4, -0.2) is 46.1 Å². The van der Waals surface area contributed by atoms with E-state index in [2.05, 4.69) is 5.32 Å². The molecule has 0 heterocycles. The van der Waals surface area contributed by atoms with Crippen molar-refractivity contribution in [3.63, 3.8) is 0 Å². The van der Waals surface area contributed by atoms with Gasteiger partial charge in [0.2, 0.25) is 0 Å². The minimum Gasteiger partial charge on any atom is -0.467 e. The van der Waals surface area contributed by atoms with Gasteiger partial charge in [-0.05, 0) is 18.4 Å². The smallest absolute Gasteiger partial charge is 0.333 e. The van der Waals surface area contributed by atoms with Gasteiger partial charge in [0.15, 0.2) is 5.54 Å². The first kappa shape index (κ1) is 15.9. The number of nitrogens with one attached hydrogen (secondary N) is 1. The molecule has 5 heteroatoms. The number of carbonyl (C=O) groups excluding carboxylic acids is 1. The molecule has 1 aromatic rings. The molecule has 0 amide bonds. The van der Waals surface area contributed by atoms with Crippen molar-refractivity contribution in [3.05, 3.63) is 35.9 Å². The molecule has 1 fully saturated rings. The highest BCUT2D eigenvalue weighted by Gasteiger charge is 2.45. The maximum absolute atomic E-state index is 12.5. The molecule has 1 unspecified atom stereocenters. The van der Waals surface area contributed by atoms with Crippen molar-refractivity contribution >= 4 is 5.97 Å². The second kappa shape index (κ2) is 7.54. The van der Waals surface area contributed by atoms with Crippen molar-refractivity contribution in [2.24, 2.45) is 0 Å². The molecule has 21 heavy (non-hydrogen) atoms. The first-order valence-corrected chi connectivity index (χ1v) is 7.21. The predicted molar refractivity (Wildman–Crippen MR) is 79.0 cm³/mol. The molecule has 1 atom stereocenters. The maximum atomic E-state index is 12.5. The fourth-order valence-corrected chi connectivity index (χ4v) is 2.28. The number of hydrogen-bond donors (Lipinski definition) is 1. The summed E-state index contributed by atoms with van der Waals surface area (Å²) in [5.41, 5.74) is -0.0913. The van der Waals surface area contributed by atoms with Crippen LogP contribution in [0.15, 0.2) is 30.3 Å². The molecule has 5 nitrogen and oxygen atoms in total. The number of esters is 1. The van der Waals surface area contributed by atoms with Gasteiger partial charge in [0, 0.05) is 13.2 Å². The summed E-state index contributed by atoms with van der Waals surface area (Å²) < 4.78 is 15.7. The Hall–Kier alpha value is -1.43. The summed E-state index contributed by atoms with van der Waals surface area (Å²) in [6.07, 6.45) is 2.15. The number of methoxy groups -OCH3 is 2. The quantitative estimate of drug-likeness (QED) is 0.552. The topological polar surface area (TPSA) is 56.8 Å². The summed E-state index contributed by atoms with van der Waals surface area (Å²) in [6, 6.07) is 9.94. The predicted octanol–water partition coefficient (Wildman–Crippen LogP) is 1.47. The number of hydrogen-bond acceptors (Lipinski definition) is 5. The summed E-state index contributed by atoms with van der Waals surface area (Å²) in [6.45, 7) is 1.16. The molecule has 1 aromatic carbocycles. The Morgan fingerprint density at radius 3 is 2.52 bits per heavy atom. The van der Waals surface area contributed by atoms with E-state index in [1.54, 1.807) is 7.11 Å². The summed E-state index contributed by atoms with van der Waals surface area (Å²) in [5, 5.41) is 3.41. The largest absolute Gasteiger partial charge is 0.467 e. The summed E-state index contributed by atoms with van der Waals surface area (Å²) >= 11 is 0. The number of ether oxygens (including phenoxy) is 3. The van der Waals surface area contributed by atoms with Crippen LogP contribution in [-0.2, 0) is 24.5 Å². The first-order chi connectivity index (χ1) is 10.2. The fraction of sp³-hybridized carbons (Fsp3) is 0.562. The monoisotopic (exact) mass is 293 g/mol.